The first-order chi connectivity index (χ1) is 9.13. The Balaban J connectivity index is 1.73. The van der Waals surface area contributed by atoms with Crippen molar-refractivity contribution >= 4 is 0 Å². The summed E-state index contributed by atoms with van der Waals surface area (Å²) in [5, 5.41) is 3.56. The number of benzene rings is 1. The van der Waals surface area contributed by atoms with Crippen LogP contribution in [0.2, 0.25) is 0 Å². The smallest absolute Gasteiger partial charge is 0.0230 e. The van der Waals surface area contributed by atoms with Crippen LogP contribution in [0.15, 0.2) is 24.3 Å². The van der Waals surface area contributed by atoms with Crippen molar-refractivity contribution < 1.29 is 0 Å². The molecular formula is C17H28N2. The van der Waals surface area contributed by atoms with Gasteiger partial charge in [-0.3, -0.25) is 0 Å². The van der Waals surface area contributed by atoms with Crippen LogP contribution in [0.4, 0.5) is 0 Å². The predicted molar refractivity (Wildman–Crippen MR) is 82.1 cm³/mol. The van der Waals surface area contributed by atoms with Crippen molar-refractivity contribution in [3.05, 3.63) is 35.4 Å². The maximum atomic E-state index is 3.56. The van der Waals surface area contributed by atoms with Crippen LogP contribution >= 0.6 is 0 Å². The van der Waals surface area contributed by atoms with Crippen molar-refractivity contribution in [3.63, 3.8) is 0 Å². The number of nitrogens with one attached hydrogen (secondary N) is 1. The topological polar surface area (TPSA) is 15.3 Å². The molecule has 0 heterocycles. The molecule has 1 aromatic rings. The monoisotopic (exact) mass is 260 g/mol. The molecule has 0 saturated heterocycles. The molecule has 1 fully saturated rings. The van der Waals surface area contributed by atoms with E-state index in [0.29, 0.717) is 0 Å². The highest BCUT2D eigenvalue weighted by Gasteiger charge is 2.19. The van der Waals surface area contributed by atoms with Gasteiger partial charge in [-0.25, -0.2) is 0 Å². The fourth-order valence-corrected chi connectivity index (χ4v) is 2.18. The Morgan fingerprint density at radius 1 is 1.16 bits per heavy atom. The average Bonchev–Trinajstić information content (AvgIpc) is 3.20. The first-order valence-corrected chi connectivity index (χ1v) is 7.63. The molecule has 0 spiro atoms. The van der Waals surface area contributed by atoms with Gasteiger partial charge in [0.2, 0.25) is 0 Å². The molecule has 1 N–H and O–H groups in total. The summed E-state index contributed by atoms with van der Waals surface area (Å²) in [6.07, 6.45) is 4.00. The number of rotatable bonds is 8. The molecule has 0 amide bonds. The summed E-state index contributed by atoms with van der Waals surface area (Å²) in [5.74, 6) is 0.790. The van der Waals surface area contributed by atoms with Crippen molar-refractivity contribution in [1.29, 1.82) is 0 Å². The predicted octanol–water partition coefficient (Wildman–Crippen LogP) is 3.42. The summed E-state index contributed by atoms with van der Waals surface area (Å²) in [6, 6.07) is 9.87. The van der Waals surface area contributed by atoms with E-state index >= 15 is 0 Å². The molecule has 0 aliphatic heterocycles. The van der Waals surface area contributed by atoms with E-state index in [1.54, 1.807) is 0 Å². The quantitative estimate of drug-likeness (QED) is 0.770. The highest BCUT2D eigenvalue weighted by Crippen LogP contribution is 2.19. The second-order valence-electron chi connectivity index (χ2n) is 6.39. The third kappa shape index (κ3) is 5.75. The summed E-state index contributed by atoms with van der Waals surface area (Å²) < 4.78 is 0. The minimum atomic E-state index is 0.790. The average molecular weight is 260 g/mol. The third-order valence-corrected chi connectivity index (χ3v) is 3.74. The van der Waals surface area contributed by atoms with E-state index < -0.39 is 0 Å². The van der Waals surface area contributed by atoms with Gasteiger partial charge in [-0.05, 0) is 49.9 Å². The molecule has 0 atom stereocenters. The minimum Gasteiger partial charge on any atom is -0.310 e. The van der Waals surface area contributed by atoms with E-state index in [9.17, 15) is 0 Å². The van der Waals surface area contributed by atoms with Crippen molar-refractivity contribution in [3.8, 4) is 0 Å². The zero-order valence-corrected chi connectivity index (χ0v) is 12.7. The standard InChI is InChI=1S/C17H28N2/c1-14(2)10-11-19(3)13-16-6-4-15(5-7-16)12-18-17-8-9-17/h4-7,14,17-18H,8-13H2,1-3H3. The molecule has 1 aromatic carbocycles. The van der Waals surface area contributed by atoms with Gasteiger partial charge in [-0.2, -0.15) is 0 Å². The number of nitrogens with zero attached hydrogens (tertiary/aromatic N) is 1. The summed E-state index contributed by atoms with van der Waals surface area (Å²) in [4.78, 5) is 2.41. The maximum Gasteiger partial charge on any atom is 0.0230 e. The van der Waals surface area contributed by atoms with Crippen molar-refractivity contribution in [2.75, 3.05) is 13.6 Å². The van der Waals surface area contributed by atoms with E-state index in [1.165, 1.54) is 36.9 Å². The first kappa shape index (κ1) is 14.5. The van der Waals surface area contributed by atoms with Gasteiger partial charge in [0.25, 0.3) is 0 Å². The third-order valence-electron chi connectivity index (χ3n) is 3.74. The normalized spacial score (nSPS) is 15.4. The fraction of sp³-hybridized carbons (Fsp3) is 0.647. The van der Waals surface area contributed by atoms with Crippen LogP contribution in [0.5, 0.6) is 0 Å². The van der Waals surface area contributed by atoms with Gasteiger partial charge in [0, 0.05) is 19.1 Å². The van der Waals surface area contributed by atoms with E-state index in [4.69, 9.17) is 0 Å². The van der Waals surface area contributed by atoms with E-state index in [0.717, 1.165) is 25.0 Å². The molecule has 0 aromatic heterocycles. The van der Waals surface area contributed by atoms with Gasteiger partial charge in [-0.1, -0.05) is 38.1 Å². The molecule has 2 heteroatoms. The largest absolute Gasteiger partial charge is 0.310 e. The lowest BCUT2D eigenvalue weighted by molar-refractivity contribution is 0.303. The second kappa shape index (κ2) is 7.06. The van der Waals surface area contributed by atoms with Gasteiger partial charge in [0.05, 0.1) is 0 Å². The van der Waals surface area contributed by atoms with Crippen LogP contribution in [-0.2, 0) is 13.1 Å². The lowest BCUT2D eigenvalue weighted by Gasteiger charge is -2.18. The van der Waals surface area contributed by atoms with Gasteiger partial charge >= 0.3 is 0 Å². The summed E-state index contributed by atoms with van der Waals surface area (Å²) in [7, 11) is 2.21. The zero-order valence-electron chi connectivity index (χ0n) is 12.7. The summed E-state index contributed by atoms with van der Waals surface area (Å²) >= 11 is 0. The molecule has 0 unspecified atom stereocenters. The van der Waals surface area contributed by atoms with Crippen LogP contribution in [0.3, 0.4) is 0 Å². The lowest BCUT2D eigenvalue weighted by Crippen LogP contribution is -2.20. The van der Waals surface area contributed by atoms with Gasteiger partial charge in [-0.15, -0.1) is 0 Å². The van der Waals surface area contributed by atoms with Crippen LogP contribution in [0.25, 0.3) is 0 Å². The highest BCUT2D eigenvalue weighted by atomic mass is 15.1. The van der Waals surface area contributed by atoms with Crippen LogP contribution in [-0.4, -0.2) is 24.5 Å². The maximum absolute atomic E-state index is 3.56. The fourth-order valence-electron chi connectivity index (χ4n) is 2.18. The van der Waals surface area contributed by atoms with Crippen LogP contribution in [0, 0.1) is 5.92 Å². The van der Waals surface area contributed by atoms with E-state index in [-0.39, 0.29) is 0 Å². The zero-order chi connectivity index (χ0) is 13.7. The van der Waals surface area contributed by atoms with E-state index in [2.05, 4.69) is 55.4 Å². The minimum absolute atomic E-state index is 0.790. The van der Waals surface area contributed by atoms with Crippen molar-refractivity contribution in [1.82, 2.24) is 10.2 Å². The van der Waals surface area contributed by atoms with Gasteiger partial charge < -0.3 is 10.2 Å². The highest BCUT2D eigenvalue weighted by molar-refractivity contribution is 5.22. The Labute approximate surface area is 118 Å². The molecule has 0 bridgehead atoms. The molecule has 1 saturated carbocycles. The molecule has 19 heavy (non-hydrogen) atoms. The number of hydrogen-bond acceptors (Lipinski definition) is 2. The summed E-state index contributed by atoms with van der Waals surface area (Å²) in [5.41, 5.74) is 2.82. The molecule has 2 nitrogen and oxygen atoms in total. The Morgan fingerprint density at radius 3 is 2.37 bits per heavy atom. The van der Waals surface area contributed by atoms with E-state index in [1.807, 2.05) is 0 Å². The number of hydrogen-bond donors (Lipinski definition) is 1. The Kier molecular flexibility index (Phi) is 5.41. The molecule has 106 valence electrons. The molecular weight excluding hydrogens is 232 g/mol. The molecule has 1 aliphatic carbocycles. The SMILES string of the molecule is CC(C)CCN(C)Cc1ccc(CNC2CC2)cc1. The Hall–Kier alpha value is -0.860. The van der Waals surface area contributed by atoms with Crippen LogP contribution < -0.4 is 5.32 Å². The molecule has 0 radical (unpaired) electrons. The van der Waals surface area contributed by atoms with Gasteiger partial charge in [0.1, 0.15) is 0 Å². The first-order valence-electron chi connectivity index (χ1n) is 7.63. The molecule has 1 aliphatic rings. The Morgan fingerprint density at radius 2 is 1.79 bits per heavy atom. The Bertz CT molecular complexity index is 365. The van der Waals surface area contributed by atoms with Crippen molar-refractivity contribution in [2.24, 2.45) is 5.92 Å². The van der Waals surface area contributed by atoms with Crippen molar-refractivity contribution in [2.45, 2.75) is 52.2 Å². The van der Waals surface area contributed by atoms with Gasteiger partial charge in [0.15, 0.2) is 0 Å². The summed E-state index contributed by atoms with van der Waals surface area (Å²) in [6.45, 7) is 7.84. The second-order valence-corrected chi connectivity index (χ2v) is 6.39. The molecule has 2 rings (SSSR count). The lowest BCUT2D eigenvalue weighted by atomic mass is 10.1. The van der Waals surface area contributed by atoms with Crippen LogP contribution in [0.1, 0.15) is 44.2 Å².